The zero-order valence-electron chi connectivity index (χ0n) is 15.5. The second-order valence-electron chi connectivity index (χ2n) is 6.45. The molecule has 0 heterocycles. The normalized spacial score (nSPS) is 11.0. The number of rotatable bonds is 8. The molecule has 0 bridgehead atoms. The summed E-state index contributed by atoms with van der Waals surface area (Å²) in [5, 5.41) is 6.78. The average Bonchev–Trinajstić information content (AvgIpc) is 2.66. The lowest BCUT2D eigenvalue weighted by molar-refractivity contribution is -0.121. The molecule has 27 heavy (non-hydrogen) atoms. The maximum Gasteiger partial charge on any atom is 0.252 e. The van der Waals surface area contributed by atoms with Crippen LogP contribution < -0.4 is 10.7 Å². The van der Waals surface area contributed by atoms with Gasteiger partial charge in [-0.25, -0.2) is 5.43 Å². The van der Waals surface area contributed by atoms with Gasteiger partial charge in [0.25, 0.3) is 5.91 Å². The van der Waals surface area contributed by atoms with E-state index in [0.717, 1.165) is 10.0 Å². The number of hydrogen-bond acceptors (Lipinski definition) is 3. The number of nitrogens with zero attached hydrogens (tertiary/aromatic N) is 1. The van der Waals surface area contributed by atoms with Gasteiger partial charge in [-0.1, -0.05) is 50.2 Å². The second kappa shape index (κ2) is 10.6. The Morgan fingerprint density at radius 3 is 2.48 bits per heavy atom. The molecule has 2 N–H and O–H groups in total. The standard InChI is InChI=1S/C21H24BrN3O2/c1-15(2)17-11-9-16(10-12-17)14-24-25-20(26)8-5-13-23-21(27)18-6-3-4-7-19(18)22/h3-4,6-7,9-12,14-15H,5,8,13H2,1-2H3,(H,23,27)(H,25,26). The summed E-state index contributed by atoms with van der Waals surface area (Å²) in [6.45, 7) is 4.71. The predicted octanol–water partition coefficient (Wildman–Crippen LogP) is 4.23. The SMILES string of the molecule is CC(C)c1ccc(C=NNC(=O)CCCNC(=O)c2ccccc2Br)cc1. The van der Waals surface area contributed by atoms with E-state index in [-0.39, 0.29) is 11.8 Å². The average molecular weight is 430 g/mol. The second-order valence-corrected chi connectivity index (χ2v) is 7.31. The molecule has 0 aromatic heterocycles. The summed E-state index contributed by atoms with van der Waals surface area (Å²) in [5.41, 5.74) is 5.28. The van der Waals surface area contributed by atoms with Gasteiger partial charge in [-0.2, -0.15) is 5.10 Å². The molecule has 0 aliphatic heterocycles. The van der Waals surface area contributed by atoms with E-state index in [1.54, 1.807) is 12.3 Å². The lowest BCUT2D eigenvalue weighted by Gasteiger charge is -2.06. The summed E-state index contributed by atoms with van der Waals surface area (Å²) < 4.78 is 0.746. The number of benzene rings is 2. The largest absolute Gasteiger partial charge is 0.352 e. The van der Waals surface area contributed by atoms with Crippen molar-refractivity contribution in [2.75, 3.05) is 6.54 Å². The van der Waals surface area contributed by atoms with Crippen molar-refractivity contribution in [3.63, 3.8) is 0 Å². The molecule has 0 spiro atoms. The molecule has 0 atom stereocenters. The lowest BCUT2D eigenvalue weighted by Crippen LogP contribution is -2.26. The van der Waals surface area contributed by atoms with Gasteiger partial charge >= 0.3 is 0 Å². The molecule has 2 amide bonds. The van der Waals surface area contributed by atoms with Crippen molar-refractivity contribution in [3.8, 4) is 0 Å². The Morgan fingerprint density at radius 1 is 1.11 bits per heavy atom. The Bertz CT molecular complexity index is 801. The predicted molar refractivity (Wildman–Crippen MR) is 112 cm³/mol. The van der Waals surface area contributed by atoms with Crippen LogP contribution in [-0.4, -0.2) is 24.6 Å². The van der Waals surface area contributed by atoms with E-state index in [0.29, 0.717) is 30.9 Å². The van der Waals surface area contributed by atoms with E-state index in [4.69, 9.17) is 0 Å². The zero-order chi connectivity index (χ0) is 19.6. The first-order valence-electron chi connectivity index (χ1n) is 8.92. The van der Waals surface area contributed by atoms with Gasteiger partial charge in [0, 0.05) is 17.4 Å². The molecule has 2 aromatic carbocycles. The molecule has 142 valence electrons. The number of halogens is 1. The fraction of sp³-hybridized carbons (Fsp3) is 0.286. The molecule has 0 saturated heterocycles. The Hall–Kier alpha value is -2.47. The number of amides is 2. The van der Waals surface area contributed by atoms with Crippen LogP contribution in [0, 0.1) is 0 Å². The number of carbonyl (C=O) groups excluding carboxylic acids is 2. The van der Waals surface area contributed by atoms with Crippen LogP contribution in [-0.2, 0) is 4.79 Å². The minimum Gasteiger partial charge on any atom is -0.352 e. The molecular weight excluding hydrogens is 406 g/mol. The molecule has 0 saturated carbocycles. The summed E-state index contributed by atoms with van der Waals surface area (Å²) in [6.07, 6.45) is 2.46. The van der Waals surface area contributed by atoms with Crippen molar-refractivity contribution in [1.82, 2.24) is 10.7 Å². The molecule has 0 fully saturated rings. The van der Waals surface area contributed by atoms with Crippen molar-refractivity contribution < 1.29 is 9.59 Å². The maximum atomic E-state index is 12.0. The van der Waals surface area contributed by atoms with Crippen molar-refractivity contribution in [2.24, 2.45) is 5.10 Å². The third-order valence-electron chi connectivity index (χ3n) is 3.99. The van der Waals surface area contributed by atoms with E-state index in [9.17, 15) is 9.59 Å². The van der Waals surface area contributed by atoms with E-state index in [1.165, 1.54) is 5.56 Å². The minimum atomic E-state index is -0.180. The van der Waals surface area contributed by atoms with Gasteiger partial charge in [0.1, 0.15) is 0 Å². The van der Waals surface area contributed by atoms with Gasteiger partial charge in [0.2, 0.25) is 5.91 Å². The highest BCUT2D eigenvalue weighted by atomic mass is 79.9. The summed E-state index contributed by atoms with van der Waals surface area (Å²) >= 11 is 3.35. The van der Waals surface area contributed by atoms with Gasteiger partial charge in [-0.3, -0.25) is 9.59 Å². The van der Waals surface area contributed by atoms with Crippen LogP contribution in [0.1, 0.15) is 54.1 Å². The van der Waals surface area contributed by atoms with Crippen molar-refractivity contribution in [2.45, 2.75) is 32.6 Å². The Balaban J connectivity index is 1.67. The summed E-state index contributed by atoms with van der Waals surface area (Å²) in [4.78, 5) is 23.8. The summed E-state index contributed by atoms with van der Waals surface area (Å²) in [7, 11) is 0. The molecule has 0 unspecified atom stereocenters. The fourth-order valence-electron chi connectivity index (χ4n) is 2.39. The molecular formula is C21H24BrN3O2. The Morgan fingerprint density at radius 2 is 1.81 bits per heavy atom. The smallest absolute Gasteiger partial charge is 0.252 e. The van der Waals surface area contributed by atoms with Gasteiger partial charge in [-0.05, 0) is 51.5 Å². The van der Waals surface area contributed by atoms with E-state index < -0.39 is 0 Å². The van der Waals surface area contributed by atoms with Gasteiger partial charge in [0.15, 0.2) is 0 Å². The third kappa shape index (κ3) is 6.98. The van der Waals surface area contributed by atoms with E-state index in [1.807, 2.05) is 30.3 Å². The molecule has 0 aliphatic carbocycles. The highest BCUT2D eigenvalue weighted by Crippen LogP contribution is 2.15. The Kier molecular flexibility index (Phi) is 8.20. The van der Waals surface area contributed by atoms with Crippen molar-refractivity contribution in [3.05, 3.63) is 69.7 Å². The first-order valence-corrected chi connectivity index (χ1v) is 9.71. The van der Waals surface area contributed by atoms with Crippen molar-refractivity contribution in [1.29, 1.82) is 0 Å². The van der Waals surface area contributed by atoms with Crippen LogP contribution in [0.4, 0.5) is 0 Å². The van der Waals surface area contributed by atoms with Crippen LogP contribution in [0.5, 0.6) is 0 Å². The molecule has 6 heteroatoms. The zero-order valence-corrected chi connectivity index (χ0v) is 17.1. The van der Waals surface area contributed by atoms with Crippen molar-refractivity contribution >= 4 is 34.0 Å². The van der Waals surface area contributed by atoms with Crippen LogP contribution in [0.25, 0.3) is 0 Å². The van der Waals surface area contributed by atoms with Crippen LogP contribution in [0.3, 0.4) is 0 Å². The number of carbonyl (C=O) groups is 2. The van der Waals surface area contributed by atoms with Gasteiger partial charge in [0.05, 0.1) is 11.8 Å². The van der Waals surface area contributed by atoms with Crippen LogP contribution >= 0.6 is 15.9 Å². The molecule has 2 rings (SSSR count). The monoisotopic (exact) mass is 429 g/mol. The van der Waals surface area contributed by atoms with Gasteiger partial charge in [-0.15, -0.1) is 0 Å². The molecule has 0 radical (unpaired) electrons. The molecule has 2 aromatic rings. The van der Waals surface area contributed by atoms with E-state index in [2.05, 4.69) is 57.8 Å². The highest BCUT2D eigenvalue weighted by molar-refractivity contribution is 9.10. The Labute approximate surface area is 168 Å². The maximum absolute atomic E-state index is 12.0. The third-order valence-corrected chi connectivity index (χ3v) is 4.68. The summed E-state index contributed by atoms with van der Waals surface area (Å²) in [5.74, 6) is 0.144. The number of hydrazone groups is 1. The lowest BCUT2D eigenvalue weighted by atomic mass is 10.0. The van der Waals surface area contributed by atoms with Gasteiger partial charge < -0.3 is 5.32 Å². The van der Waals surface area contributed by atoms with Crippen LogP contribution in [0.2, 0.25) is 0 Å². The topological polar surface area (TPSA) is 70.6 Å². The molecule has 0 aliphatic rings. The minimum absolute atomic E-state index is 0.161. The first-order chi connectivity index (χ1) is 13.0. The highest BCUT2D eigenvalue weighted by Gasteiger charge is 2.08. The molecule has 5 nitrogen and oxygen atoms in total. The quantitative estimate of drug-likeness (QED) is 0.374. The summed E-state index contributed by atoms with van der Waals surface area (Å²) in [6, 6.07) is 15.3. The van der Waals surface area contributed by atoms with E-state index >= 15 is 0 Å². The first kappa shape index (κ1) is 20.8. The number of nitrogens with one attached hydrogen (secondary N) is 2. The fourth-order valence-corrected chi connectivity index (χ4v) is 2.86. The number of hydrogen-bond donors (Lipinski definition) is 2. The van der Waals surface area contributed by atoms with Crippen LogP contribution in [0.15, 0.2) is 58.1 Å².